The van der Waals surface area contributed by atoms with E-state index >= 15 is 0 Å². The van der Waals surface area contributed by atoms with Gasteiger partial charge in [0.2, 0.25) is 24.3 Å². The first-order valence-electron chi connectivity index (χ1n) is 22.7. The van der Waals surface area contributed by atoms with E-state index in [-0.39, 0.29) is 63.6 Å². The number of anilines is 4. The topological polar surface area (TPSA) is 248 Å². The maximum Gasteiger partial charge on any atom is 0.433 e. The number of nitrogens with zero attached hydrogens (tertiary/aromatic N) is 9. The lowest BCUT2D eigenvalue weighted by atomic mass is 9.99. The van der Waals surface area contributed by atoms with Gasteiger partial charge in [0.05, 0.1) is 21.9 Å². The zero-order valence-corrected chi connectivity index (χ0v) is 43.6. The smallest absolute Gasteiger partial charge is 0.394 e. The number of rotatable bonds is 12. The van der Waals surface area contributed by atoms with E-state index in [0.717, 1.165) is 37.0 Å². The van der Waals surface area contributed by atoms with Crippen LogP contribution in [0.4, 0.5) is 49.6 Å². The highest BCUT2D eigenvalue weighted by Gasteiger charge is 2.38. The summed E-state index contributed by atoms with van der Waals surface area (Å²) < 4.78 is 132. The Kier molecular flexibility index (Phi) is 19.9. The largest absolute Gasteiger partial charge is 0.433 e. The number of sulfone groups is 2. The summed E-state index contributed by atoms with van der Waals surface area (Å²) in [4.78, 5) is 64.3. The Morgan fingerprint density at radius 2 is 1.08 bits per heavy atom. The molecule has 2 aliphatic rings. The van der Waals surface area contributed by atoms with Crippen molar-refractivity contribution in [1.82, 2.24) is 25.3 Å². The number of carbonyl (C=O) groups is 3. The lowest BCUT2D eigenvalue weighted by Gasteiger charge is -2.44. The fourth-order valence-corrected chi connectivity index (χ4v) is 9.92. The number of aromatic nitrogens is 4. The van der Waals surface area contributed by atoms with Crippen molar-refractivity contribution in [1.29, 1.82) is 0 Å². The van der Waals surface area contributed by atoms with Crippen molar-refractivity contribution in [3.63, 3.8) is 0 Å². The summed E-state index contributed by atoms with van der Waals surface area (Å²) in [6.45, 7) is 13.3. The molecule has 4 heterocycles. The normalized spacial score (nSPS) is 16.4. The lowest BCUT2D eigenvalue weighted by Crippen LogP contribution is -2.56. The van der Waals surface area contributed by atoms with E-state index in [1.165, 1.54) is 32.9 Å². The monoisotopic (exact) mass is 1090 g/mol. The lowest BCUT2D eigenvalue weighted by molar-refractivity contribution is -0.497. The number of benzene rings is 2. The molecule has 0 aliphatic carbocycles. The van der Waals surface area contributed by atoms with Crippen LogP contribution in [-0.4, -0.2) is 123 Å². The molecule has 28 heteroatoms. The maximum atomic E-state index is 13.2. The number of nitro groups is 1. The summed E-state index contributed by atoms with van der Waals surface area (Å²) >= 11 is 0. The molecule has 2 atom stereocenters. The molecule has 2 aromatic carbocycles. The van der Waals surface area contributed by atoms with Gasteiger partial charge in [0, 0.05) is 113 Å². The average Bonchev–Trinajstić information content (AvgIpc) is 3.29. The molecule has 0 spiro atoms. The zero-order chi connectivity index (χ0) is 55.7. The number of nitrogens with one attached hydrogen (secondary N) is 1. The van der Waals surface area contributed by atoms with E-state index < -0.39 is 66.8 Å². The molecule has 74 heavy (non-hydrogen) atoms. The first kappa shape index (κ1) is 59.8. The fraction of sp³-hybridized carbons (Fsp3) is 0.500. The summed E-state index contributed by atoms with van der Waals surface area (Å²) in [5.74, 6) is -1.29. The minimum absolute atomic E-state index is 0.0127. The Labute approximate surface area is 424 Å². The van der Waals surface area contributed by atoms with Gasteiger partial charge in [0.25, 0.3) is 0 Å². The highest BCUT2D eigenvalue weighted by atomic mass is 32.2. The van der Waals surface area contributed by atoms with Gasteiger partial charge >= 0.3 is 24.3 Å². The Morgan fingerprint density at radius 3 is 1.41 bits per heavy atom. The van der Waals surface area contributed by atoms with Gasteiger partial charge in [0.1, 0.15) is 11.4 Å². The predicted octanol–water partition coefficient (Wildman–Crippen LogP) is 6.01. The van der Waals surface area contributed by atoms with Crippen LogP contribution in [0.15, 0.2) is 70.7 Å². The van der Waals surface area contributed by atoms with Crippen molar-refractivity contribution in [2.75, 3.05) is 71.4 Å². The van der Waals surface area contributed by atoms with Crippen molar-refractivity contribution in [3.05, 3.63) is 93.6 Å². The molecular formula is C46H58F6N10O10S2. The number of alkyl halides is 6. The molecule has 0 saturated carbocycles. The van der Waals surface area contributed by atoms with Crippen LogP contribution < -0.4 is 24.9 Å². The second-order valence-corrected chi connectivity index (χ2v) is 22.0. The van der Waals surface area contributed by atoms with E-state index in [2.05, 4.69) is 30.0 Å². The van der Waals surface area contributed by atoms with Gasteiger partial charge in [0.15, 0.2) is 19.7 Å². The van der Waals surface area contributed by atoms with Crippen molar-refractivity contribution in [2.45, 2.75) is 95.8 Å². The first-order chi connectivity index (χ1) is 34.2. The minimum Gasteiger partial charge on any atom is -0.394 e. The van der Waals surface area contributed by atoms with Gasteiger partial charge < -0.3 is 29.7 Å². The molecule has 6 rings (SSSR count). The molecule has 4 aromatic rings. The van der Waals surface area contributed by atoms with Crippen LogP contribution in [0, 0.1) is 22.0 Å². The zero-order valence-electron chi connectivity index (χ0n) is 41.9. The van der Waals surface area contributed by atoms with Crippen LogP contribution in [-0.2, 0) is 64.2 Å². The Bertz CT molecular complexity index is 2880. The summed E-state index contributed by atoms with van der Waals surface area (Å²) in [5, 5.41) is 13.5. The Balaban J connectivity index is 0.000000284. The van der Waals surface area contributed by atoms with Crippen LogP contribution in [0.5, 0.6) is 0 Å². The number of hydrogen-bond donors (Lipinski definition) is 1. The second kappa shape index (κ2) is 24.5. The number of esters is 2. The van der Waals surface area contributed by atoms with Crippen molar-refractivity contribution >= 4 is 60.8 Å². The van der Waals surface area contributed by atoms with Crippen LogP contribution in [0.1, 0.15) is 71.0 Å². The van der Waals surface area contributed by atoms with Crippen LogP contribution in [0.3, 0.4) is 0 Å². The van der Waals surface area contributed by atoms with Gasteiger partial charge in [-0.15, -0.1) is 0 Å². The van der Waals surface area contributed by atoms with Gasteiger partial charge in [-0.25, -0.2) is 36.8 Å². The number of amides is 1. The molecule has 1 amide bonds. The molecule has 2 fully saturated rings. The molecule has 0 unspecified atom stereocenters. The van der Waals surface area contributed by atoms with E-state index in [9.17, 15) is 67.7 Å². The summed E-state index contributed by atoms with van der Waals surface area (Å²) in [5.41, 5.74) is -0.174. The third-order valence-electron chi connectivity index (χ3n) is 11.5. The van der Waals surface area contributed by atoms with Crippen LogP contribution in [0.25, 0.3) is 0 Å². The SMILES string of the molecule is CC(=O)NCc1ccc(N2CCN(c3nccc(C(F)(F)F)n3)[C@H](C(C)C)C2)cc1S(C)(=O)=O.CC(=O)OC(C)=O.CC(C)[C@@H]1CN(c2ccc(C[N+](=O)[O-])c(S(C)(=O)=O)c2)CCN1c1nccc(C(F)(F)F)n1. The van der Waals surface area contributed by atoms with Gasteiger partial charge in [-0.2, -0.15) is 26.3 Å². The van der Waals surface area contributed by atoms with Gasteiger partial charge in [-0.3, -0.25) is 24.5 Å². The highest BCUT2D eigenvalue weighted by Crippen LogP contribution is 2.34. The maximum absolute atomic E-state index is 13.2. The summed E-state index contributed by atoms with van der Waals surface area (Å²) in [7, 11) is -7.27. The van der Waals surface area contributed by atoms with E-state index in [0.29, 0.717) is 56.2 Å². The molecule has 0 radical (unpaired) electrons. The molecule has 0 bridgehead atoms. The van der Waals surface area contributed by atoms with Crippen molar-refractivity contribution in [3.8, 4) is 0 Å². The fourth-order valence-electron chi connectivity index (χ4n) is 8.02. The quantitative estimate of drug-likeness (QED) is 0.0561. The summed E-state index contributed by atoms with van der Waals surface area (Å²) in [6.07, 6.45) is -4.84. The number of hydrogen-bond acceptors (Lipinski definition) is 18. The molecule has 20 nitrogen and oxygen atoms in total. The second-order valence-electron chi connectivity index (χ2n) is 18.0. The average molecular weight is 1090 g/mol. The van der Waals surface area contributed by atoms with Gasteiger partial charge in [-0.1, -0.05) is 33.8 Å². The van der Waals surface area contributed by atoms with Gasteiger partial charge in [-0.05, 0) is 59.9 Å². The number of halogens is 6. The molecule has 2 aliphatic heterocycles. The highest BCUT2D eigenvalue weighted by molar-refractivity contribution is 7.91. The predicted molar refractivity (Wildman–Crippen MR) is 260 cm³/mol. The number of piperazine rings is 2. The van der Waals surface area contributed by atoms with Crippen molar-refractivity contribution in [2.24, 2.45) is 11.8 Å². The molecule has 2 saturated heterocycles. The summed E-state index contributed by atoms with van der Waals surface area (Å²) in [6, 6.07) is 10.8. The number of ether oxygens (including phenoxy) is 1. The first-order valence-corrected chi connectivity index (χ1v) is 26.5. The molecular weight excluding hydrogens is 1030 g/mol. The molecule has 406 valence electrons. The standard InChI is InChI=1S/C22H28F3N5O3S.C20H24F3N5O4S.C4H6O3/c1-14(2)18-13-29(9-10-30(18)21-26-8-7-20(28-21)22(23,24)25)17-6-5-16(12-27-15(3)31)19(11-17)34(4,32)33;1-13(2)16-12-26(8-9-27(16)19-24-7-6-18(25-19)20(21,22)23)15-5-4-14(11-28(29)30)17(10-15)33(3,31)32;1-3(5)7-4(2)6/h5-8,11,14,18H,9-10,12-13H2,1-4H3,(H,27,31);4-7,10,13,16H,8-9,11-12H2,1-3H3;1-2H3/t18-;16-;/m00./s1. The van der Waals surface area contributed by atoms with Crippen LogP contribution in [0.2, 0.25) is 0 Å². The third kappa shape index (κ3) is 16.9. The molecule has 1 N–H and O–H groups in total. The Hall–Kier alpha value is -6.71. The number of carbonyl (C=O) groups excluding carboxylic acids is 3. The Morgan fingerprint density at radius 1 is 0.689 bits per heavy atom. The van der Waals surface area contributed by atoms with Crippen molar-refractivity contribution < 1.29 is 67.2 Å². The van der Waals surface area contributed by atoms with E-state index in [1.54, 1.807) is 34.1 Å². The minimum atomic E-state index is -4.58. The van der Waals surface area contributed by atoms with E-state index in [4.69, 9.17) is 0 Å². The van der Waals surface area contributed by atoms with Crippen LogP contribution >= 0.6 is 0 Å². The third-order valence-corrected chi connectivity index (χ3v) is 13.9. The van der Waals surface area contributed by atoms with E-state index in [1.807, 2.05) is 37.5 Å². The molecule has 2 aromatic heterocycles.